The third kappa shape index (κ3) is 5.02. The van der Waals surface area contributed by atoms with Gasteiger partial charge in [-0.3, -0.25) is 4.90 Å². The minimum absolute atomic E-state index is 0.539. The molecule has 0 saturated heterocycles. The maximum absolute atomic E-state index is 5.28. The van der Waals surface area contributed by atoms with Crippen LogP contribution in [0.15, 0.2) is 18.3 Å². The summed E-state index contributed by atoms with van der Waals surface area (Å²) >= 11 is 0. The van der Waals surface area contributed by atoms with Crippen molar-refractivity contribution in [3.63, 3.8) is 0 Å². The highest BCUT2D eigenvalue weighted by Gasteiger charge is 2.08. The Bertz CT molecular complexity index is 342. The Labute approximate surface area is 110 Å². The molecule has 4 nitrogen and oxygen atoms in total. The Hall–Kier alpha value is -1.13. The van der Waals surface area contributed by atoms with E-state index in [0.717, 1.165) is 37.6 Å². The van der Waals surface area contributed by atoms with Crippen molar-refractivity contribution in [2.75, 3.05) is 26.7 Å². The Morgan fingerprint density at radius 2 is 2.22 bits per heavy atom. The van der Waals surface area contributed by atoms with Gasteiger partial charge < -0.3 is 10.1 Å². The lowest BCUT2D eigenvalue weighted by molar-refractivity contribution is 0.269. The number of aromatic nitrogens is 1. The molecule has 0 aliphatic heterocycles. The molecule has 18 heavy (non-hydrogen) atoms. The molecule has 0 atom stereocenters. The lowest BCUT2D eigenvalue weighted by Gasteiger charge is -2.22. The molecule has 0 unspecified atom stereocenters. The van der Waals surface area contributed by atoms with Crippen LogP contribution in [0.5, 0.6) is 5.88 Å². The van der Waals surface area contributed by atoms with E-state index in [9.17, 15) is 0 Å². The van der Waals surface area contributed by atoms with Gasteiger partial charge in [0.1, 0.15) is 0 Å². The number of hydrogen-bond acceptors (Lipinski definition) is 4. The molecule has 0 aliphatic rings. The summed E-state index contributed by atoms with van der Waals surface area (Å²) in [6.45, 7) is 10.5. The van der Waals surface area contributed by atoms with Crippen molar-refractivity contribution in [2.24, 2.45) is 0 Å². The van der Waals surface area contributed by atoms with Crippen molar-refractivity contribution in [1.82, 2.24) is 15.2 Å². The molecule has 1 N–H and O–H groups in total. The quantitative estimate of drug-likeness (QED) is 0.766. The van der Waals surface area contributed by atoms with E-state index < -0.39 is 0 Å². The average molecular weight is 251 g/mol. The lowest BCUT2D eigenvalue weighted by Crippen LogP contribution is -2.34. The number of pyridine rings is 1. The fourth-order valence-corrected chi connectivity index (χ4v) is 1.83. The molecule has 0 amide bonds. The van der Waals surface area contributed by atoms with Gasteiger partial charge >= 0.3 is 0 Å². The van der Waals surface area contributed by atoms with E-state index in [1.54, 1.807) is 13.3 Å². The number of methoxy groups -OCH3 is 1. The van der Waals surface area contributed by atoms with Gasteiger partial charge in [-0.25, -0.2) is 4.98 Å². The third-order valence-corrected chi connectivity index (χ3v) is 2.87. The smallest absolute Gasteiger partial charge is 0.217 e. The topological polar surface area (TPSA) is 37.4 Å². The van der Waals surface area contributed by atoms with Crippen molar-refractivity contribution in [3.05, 3.63) is 23.9 Å². The molecule has 1 rings (SSSR count). The summed E-state index contributed by atoms with van der Waals surface area (Å²) < 4.78 is 5.28. The fourth-order valence-electron chi connectivity index (χ4n) is 1.83. The Balaban J connectivity index is 2.51. The van der Waals surface area contributed by atoms with E-state index in [1.165, 1.54) is 0 Å². The van der Waals surface area contributed by atoms with E-state index in [0.29, 0.717) is 6.04 Å². The van der Waals surface area contributed by atoms with Gasteiger partial charge in [0.25, 0.3) is 0 Å². The molecule has 0 fully saturated rings. The highest BCUT2D eigenvalue weighted by molar-refractivity contribution is 5.25. The second-order valence-corrected chi connectivity index (χ2v) is 4.65. The second kappa shape index (κ2) is 8.06. The molecule has 0 aromatic carbocycles. The summed E-state index contributed by atoms with van der Waals surface area (Å²) in [5.41, 5.74) is 1.14. The van der Waals surface area contributed by atoms with Crippen LogP contribution >= 0.6 is 0 Å². The van der Waals surface area contributed by atoms with Gasteiger partial charge in [-0.05, 0) is 12.6 Å². The fraction of sp³-hybridized carbons (Fsp3) is 0.643. The van der Waals surface area contributed by atoms with E-state index in [1.807, 2.05) is 6.07 Å². The molecule has 0 spiro atoms. The maximum Gasteiger partial charge on any atom is 0.217 e. The summed E-state index contributed by atoms with van der Waals surface area (Å²) in [6, 6.07) is 4.57. The van der Waals surface area contributed by atoms with Crippen molar-refractivity contribution >= 4 is 0 Å². The minimum atomic E-state index is 0.539. The van der Waals surface area contributed by atoms with Crippen molar-refractivity contribution in [1.29, 1.82) is 0 Å². The first kappa shape index (κ1) is 14.9. The number of nitrogens with zero attached hydrogens (tertiary/aromatic N) is 2. The number of hydrogen-bond donors (Lipinski definition) is 1. The number of ether oxygens (including phenoxy) is 1. The Kier molecular flexibility index (Phi) is 6.68. The standard InChI is InChI=1S/C14H25N3O/c1-5-17(10-9-15-12(2)3)11-13-7-6-8-16-14(13)18-4/h6-8,12,15H,5,9-11H2,1-4H3. The average Bonchev–Trinajstić information content (AvgIpc) is 2.37. The van der Waals surface area contributed by atoms with E-state index in [2.05, 4.69) is 42.0 Å². The molecule has 4 heteroatoms. The van der Waals surface area contributed by atoms with E-state index in [-0.39, 0.29) is 0 Å². The Morgan fingerprint density at radius 1 is 1.44 bits per heavy atom. The number of nitrogens with one attached hydrogen (secondary N) is 1. The largest absolute Gasteiger partial charge is 0.481 e. The first-order chi connectivity index (χ1) is 8.67. The summed E-state index contributed by atoms with van der Waals surface area (Å²) in [4.78, 5) is 6.61. The van der Waals surface area contributed by atoms with Gasteiger partial charge in [-0.15, -0.1) is 0 Å². The summed E-state index contributed by atoms with van der Waals surface area (Å²) in [5, 5.41) is 3.44. The van der Waals surface area contributed by atoms with Gasteiger partial charge in [-0.1, -0.05) is 26.8 Å². The van der Waals surface area contributed by atoms with Crippen LogP contribution in [0.3, 0.4) is 0 Å². The highest BCUT2D eigenvalue weighted by atomic mass is 16.5. The predicted octanol–water partition coefficient (Wildman–Crippen LogP) is 1.91. The van der Waals surface area contributed by atoms with Gasteiger partial charge in [0.05, 0.1) is 7.11 Å². The van der Waals surface area contributed by atoms with Crippen LogP contribution in [0.2, 0.25) is 0 Å². The molecule has 0 saturated carbocycles. The van der Waals surface area contributed by atoms with Crippen LogP contribution < -0.4 is 10.1 Å². The molecule has 1 aromatic rings. The maximum atomic E-state index is 5.28. The number of rotatable bonds is 8. The zero-order valence-corrected chi connectivity index (χ0v) is 11.9. The summed E-state index contributed by atoms with van der Waals surface area (Å²) in [5.74, 6) is 0.729. The Morgan fingerprint density at radius 3 is 2.83 bits per heavy atom. The zero-order chi connectivity index (χ0) is 13.4. The van der Waals surface area contributed by atoms with Gasteiger partial charge in [-0.2, -0.15) is 0 Å². The SMILES string of the molecule is CCN(CCNC(C)C)Cc1cccnc1OC. The first-order valence-corrected chi connectivity index (χ1v) is 6.61. The van der Waals surface area contributed by atoms with Gasteiger partial charge in [0.15, 0.2) is 0 Å². The summed E-state index contributed by atoms with van der Waals surface area (Å²) in [6.07, 6.45) is 1.76. The molecule has 0 radical (unpaired) electrons. The molecule has 102 valence electrons. The van der Waals surface area contributed by atoms with E-state index in [4.69, 9.17) is 4.74 Å². The summed E-state index contributed by atoms with van der Waals surface area (Å²) in [7, 11) is 1.67. The van der Waals surface area contributed by atoms with Gasteiger partial charge in [0.2, 0.25) is 5.88 Å². The number of likely N-dealkylation sites (N-methyl/N-ethyl adjacent to an activating group) is 1. The van der Waals surface area contributed by atoms with Crippen LogP contribution in [0.1, 0.15) is 26.3 Å². The van der Waals surface area contributed by atoms with Crippen LogP contribution in [0.4, 0.5) is 0 Å². The molecule has 0 bridgehead atoms. The molecular weight excluding hydrogens is 226 g/mol. The third-order valence-electron chi connectivity index (χ3n) is 2.87. The van der Waals surface area contributed by atoms with Crippen molar-refractivity contribution in [2.45, 2.75) is 33.4 Å². The van der Waals surface area contributed by atoms with Crippen LogP contribution in [-0.2, 0) is 6.54 Å². The minimum Gasteiger partial charge on any atom is -0.481 e. The molecular formula is C14H25N3O. The van der Waals surface area contributed by atoms with E-state index >= 15 is 0 Å². The van der Waals surface area contributed by atoms with Crippen molar-refractivity contribution in [3.8, 4) is 5.88 Å². The van der Waals surface area contributed by atoms with Crippen LogP contribution in [0.25, 0.3) is 0 Å². The first-order valence-electron chi connectivity index (χ1n) is 6.61. The monoisotopic (exact) mass is 251 g/mol. The molecule has 1 heterocycles. The highest BCUT2D eigenvalue weighted by Crippen LogP contribution is 2.15. The van der Waals surface area contributed by atoms with Crippen LogP contribution in [0, 0.1) is 0 Å². The second-order valence-electron chi connectivity index (χ2n) is 4.65. The molecule has 0 aliphatic carbocycles. The van der Waals surface area contributed by atoms with Gasteiger partial charge in [0, 0.05) is 37.4 Å². The van der Waals surface area contributed by atoms with Crippen LogP contribution in [-0.4, -0.2) is 42.7 Å². The lowest BCUT2D eigenvalue weighted by atomic mass is 10.2. The van der Waals surface area contributed by atoms with Crippen molar-refractivity contribution < 1.29 is 4.74 Å². The zero-order valence-electron chi connectivity index (χ0n) is 11.9. The predicted molar refractivity (Wildman–Crippen MR) is 74.9 cm³/mol. The molecule has 1 aromatic heterocycles. The normalized spacial score (nSPS) is 11.2.